The van der Waals surface area contributed by atoms with Crippen molar-refractivity contribution < 1.29 is 9.53 Å². The Morgan fingerprint density at radius 1 is 1.28 bits per heavy atom. The van der Waals surface area contributed by atoms with Crippen LogP contribution < -0.4 is 5.32 Å². The molecule has 1 amide bonds. The van der Waals surface area contributed by atoms with Gasteiger partial charge in [-0.15, -0.1) is 24.0 Å². The molecule has 0 saturated carbocycles. The molecular weight excluding hydrogens is 481 g/mol. The number of piperazine rings is 1. The molecule has 2 aliphatic heterocycles. The second-order valence-electron chi connectivity index (χ2n) is 8.71. The average molecular weight is 515 g/mol. The van der Waals surface area contributed by atoms with Gasteiger partial charge in [0.25, 0.3) is 0 Å². The van der Waals surface area contributed by atoms with E-state index in [2.05, 4.69) is 53.5 Å². The third-order valence-corrected chi connectivity index (χ3v) is 5.12. The molecule has 1 saturated heterocycles. The Morgan fingerprint density at radius 3 is 2.59 bits per heavy atom. The fraction of sp³-hybridized carbons (Fsp3) is 0.619. The van der Waals surface area contributed by atoms with E-state index in [4.69, 9.17) is 9.73 Å². The lowest BCUT2D eigenvalue weighted by atomic mass is 10.1. The van der Waals surface area contributed by atoms with E-state index in [1.54, 1.807) is 4.90 Å². The third-order valence-electron chi connectivity index (χ3n) is 5.12. The van der Waals surface area contributed by atoms with Crippen molar-refractivity contribution in [3.63, 3.8) is 0 Å². The number of halogens is 1. The van der Waals surface area contributed by atoms with Gasteiger partial charge in [-0.1, -0.05) is 30.3 Å². The number of amides is 1. The molecule has 0 radical (unpaired) electrons. The van der Waals surface area contributed by atoms with Crippen LogP contribution in [-0.2, 0) is 4.74 Å². The lowest BCUT2D eigenvalue weighted by Crippen LogP contribution is -2.58. The van der Waals surface area contributed by atoms with E-state index in [0.29, 0.717) is 19.6 Å². The summed E-state index contributed by atoms with van der Waals surface area (Å²) >= 11 is 0. The number of nitrogens with one attached hydrogen (secondary N) is 1. The molecule has 0 bridgehead atoms. The molecule has 0 spiro atoms. The van der Waals surface area contributed by atoms with Crippen molar-refractivity contribution in [3.05, 3.63) is 35.9 Å². The number of rotatable bonds is 4. The Bertz CT molecular complexity index is 705. The summed E-state index contributed by atoms with van der Waals surface area (Å²) < 4.78 is 5.52. The third kappa shape index (κ3) is 6.21. The van der Waals surface area contributed by atoms with Crippen LogP contribution in [0.1, 0.15) is 32.4 Å². The van der Waals surface area contributed by atoms with Crippen LogP contribution in [-0.4, -0.2) is 85.2 Å². The monoisotopic (exact) mass is 515 g/mol. The molecule has 0 aromatic heterocycles. The van der Waals surface area contributed by atoms with Crippen molar-refractivity contribution in [2.75, 3.05) is 46.8 Å². The number of hydrogen-bond donors (Lipinski definition) is 1. The maximum absolute atomic E-state index is 12.4. The molecule has 2 aliphatic rings. The molecule has 8 heteroatoms. The average Bonchev–Trinajstić information content (AvgIpc) is 3.03. The Balaban J connectivity index is 0.00000300. The molecule has 2 heterocycles. The summed E-state index contributed by atoms with van der Waals surface area (Å²) in [6.07, 6.45) is -0.231. The predicted molar refractivity (Wildman–Crippen MR) is 127 cm³/mol. The number of benzene rings is 1. The van der Waals surface area contributed by atoms with E-state index in [-0.39, 0.29) is 42.2 Å². The number of ether oxygens (including phenoxy) is 1. The zero-order valence-electron chi connectivity index (χ0n) is 18.1. The highest BCUT2D eigenvalue weighted by atomic mass is 127. The van der Waals surface area contributed by atoms with Gasteiger partial charge in [-0.2, -0.15) is 0 Å². The van der Waals surface area contributed by atoms with Crippen molar-refractivity contribution in [1.82, 2.24) is 20.0 Å². The van der Waals surface area contributed by atoms with E-state index < -0.39 is 5.60 Å². The van der Waals surface area contributed by atoms with Gasteiger partial charge in [-0.05, 0) is 40.4 Å². The van der Waals surface area contributed by atoms with E-state index in [1.807, 2.05) is 26.8 Å². The Kier molecular flexibility index (Phi) is 8.16. The SMILES string of the molecule is CN(C)C(CNC1=NCC2CN(C(=O)OC(C)(C)C)CCN12)c1ccccc1.I. The van der Waals surface area contributed by atoms with E-state index in [9.17, 15) is 4.79 Å². The highest BCUT2D eigenvalue weighted by Gasteiger charge is 2.36. The van der Waals surface area contributed by atoms with Gasteiger partial charge in [-0.3, -0.25) is 4.99 Å². The number of carbonyl (C=O) groups is 1. The number of nitrogens with zero attached hydrogens (tertiary/aromatic N) is 4. The summed E-state index contributed by atoms with van der Waals surface area (Å²) in [5.41, 5.74) is 0.816. The van der Waals surface area contributed by atoms with Crippen molar-refractivity contribution in [2.45, 2.75) is 38.5 Å². The lowest BCUT2D eigenvalue weighted by molar-refractivity contribution is 0.0137. The molecule has 1 aromatic rings. The van der Waals surface area contributed by atoms with Gasteiger partial charge < -0.3 is 24.8 Å². The molecule has 1 fully saturated rings. The summed E-state index contributed by atoms with van der Waals surface area (Å²) in [7, 11) is 4.19. The minimum atomic E-state index is -0.467. The fourth-order valence-electron chi connectivity index (χ4n) is 3.68. The molecule has 29 heavy (non-hydrogen) atoms. The minimum Gasteiger partial charge on any atom is -0.444 e. The Morgan fingerprint density at radius 2 is 1.97 bits per heavy atom. The summed E-state index contributed by atoms with van der Waals surface area (Å²) in [6, 6.07) is 11.0. The highest BCUT2D eigenvalue weighted by Crippen LogP contribution is 2.20. The normalized spacial score (nSPS) is 19.9. The molecule has 3 rings (SSSR count). The van der Waals surface area contributed by atoms with Crippen molar-refractivity contribution in [1.29, 1.82) is 0 Å². The number of fused-ring (bicyclic) bond motifs is 1. The quantitative estimate of drug-likeness (QED) is 0.626. The first-order valence-electron chi connectivity index (χ1n) is 9.99. The highest BCUT2D eigenvalue weighted by molar-refractivity contribution is 14.0. The topological polar surface area (TPSA) is 60.4 Å². The van der Waals surface area contributed by atoms with E-state index in [0.717, 1.165) is 19.0 Å². The zero-order chi connectivity index (χ0) is 20.3. The summed E-state index contributed by atoms with van der Waals surface area (Å²) in [4.78, 5) is 23.4. The van der Waals surface area contributed by atoms with Crippen molar-refractivity contribution in [2.24, 2.45) is 4.99 Å². The van der Waals surface area contributed by atoms with Crippen LogP contribution in [0, 0.1) is 0 Å². The molecule has 2 unspecified atom stereocenters. The maximum Gasteiger partial charge on any atom is 0.410 e. The van der Waals surface area contributed by atoms with Crippen LogP contribution in [0.2, 0.25) is 0 Å². The minimum absolute atomic E-state index is 0. The van der Waals surface area contributed by atoms with Crippen LogP contribution in [0.15, 0.2) is 35.3 Å². The second-order valence-corrected chi connectivity index (χ2v) is 8.71. The molecule has 162 valence electrons. The summed E-state index contributed by atoms with van der Waals surface area (Å²) in [5.74, 6) is 0.941. The van der Waals surface area contributed by atoms with E-state index in [1.165, 1.54) is 5.56 Å². The first kappa shape index (κ1) is 23.7. The predicted octanol–water partition coefficient (Wildman–Crippen LogP) is 2.79. The number of likely N-dealkylation sites (N-methyl/N-ethyl adjacent to an activating group) is 1. The number of guanidine groups is 1. The van der Waals surface area contributed by atoms with E-state index >= 15 is 0 Å². The van der Waals surface area contributed by atoms with Gasteiger partial charge in [0.05, 0.1) is 18.6 Å². The first-order chi connectivity index (χ1) is 13.2. The molecule has 1 aromatic carbocycles. The molecule has 1 N–H and O–H groups in total. The maximum atomic E-state index is 12.4. The van der Waals surface area contributed by atoms with Gasteiger partial charge in [0, 0.05) is 26.2 Å². The van der Waals surface area contributed by atoms with Crippen LogP contribution in [0.5, 0.6) is 0 Å². The van der Waals surface area contributed by atoms with Crippen LogP contribution in [0.25, 0.3) is 0 Å². The zero-order valence-corrected chi connectivity index (χ0v) is 20.4. The smallest absolute Gasteiger partial charge is 0.410 e. The van der Waals surface area contributed by atoms with Crippen molar-refractivity contribution in [3.8, 4) is 0 Å². The van der Waals surface area contributed by atoms with Crippen LogP contribution in [0.4, 0.5) is 4.79 Å². The van der Waals surface area contributed by atoms with Gasteiger partial charge in [0.15, 0.2) is 5.96 Å². The standard InChI is InChI=1S/C21H33N5O2.HI/c1-21(2,3)28-20(27)25-11-12-26-17(15-25)13-22-19(26)23-14-18(24(4)5)16-9-7-6-8-10-16;/h6-10,17-18H,11-15H2,1-5H3,(H,22,23);1H. The second kappa shape index (κ2) is 9.97. The Labute approximate surface area is 191 Å². The summed E-state index contributed by atoms with van der Waals surface area (Å²) in [6.45, 7) is 9.27. The lowest BCUT2D eigenvalue weighted by Gasteiger charge is -2.39. The molecule has 0 aliphatic carbocycles. The molecule has 7 nitrogen and oxygen atoms in total. The molecular formula is C21H34IN5O2. The van der Waals surface area contributed by atoms with Crippen molar-refractivity contribution >= 4 is 36.0 Å². The number of hydrogen-bond acceptors (Lipinski definition) is 6. The Hall–Kier alpha value is -1.55. The molecule has 2 atom stereocenters. The van der Waals surface area contributed by atoms with Gasteiger partial charge in [0.2, 0.25) is 0 Å². The van der Waals surface area contributed by atoms with Gasteiger partial charge >= 0.3 is 6.09 Å². The van der Waals surface area contributed by atoms with Crippen LogP contribution >= 0.6 is 24.0 Å². The number of carbonyl (C=O) groups excluding carboxylic acids is 1. The van der Waals surface area contributed by atoms with Gasteiger partial charge in [0.1, 0.15) is 5.60 Å². The first-order valence-corrected chi connectivity index (χ1v) is 9.99. The number of aliphatic imine (C=N–C) groups is 1. The summed E-state index contributed by atoms with van der Waals surface area (Å²) in [5, 5.41) is 3.54. The largest absolute Gasteiger partial charge is 0.444 e. The fourth-order valence-corrected chi connectivity index (χ4v) is 3.68. The van der Waals surface area contributed by atoms with Crippen LogP contribution in [0.3, 0.4) is 0 Å². The van der Waals surface area contributed by atoms with Gasteiger partial charge in [-0.25, -0.2) is 4.79 Å².